The summed E-state index contributed by atoms with van der Waals surface area (Å²) in [6, 6.07) is 2.72. The zero-order chi connectivity index (χ0) is 14.9. The number of ketones is 1. The lowest BCUT2D eigenvalue weighted by molar-refractivity contribution is 0.0828. The maximum absolute atomic E-state index is 13.7. The first kappa shape index (κ1) is 15.4. The molecule has 0 aromatic heterocycles. The number of thioether (sulfide) groups is 1. The van der Waals surface area contributed by atoms with Crippen molar-refractivity contribution in [1.82, 2.24) is 4.90 Å². The highest BCUT2D eigenvalue weighted by Crippen LogP contribution is 2.31. The van der Waals surface area contributed by atoms with Gasteiger partial charge in [0.25, 0.3) is 0 Å². The molecule has 1 aliphatic rings. The number of rotatable bonds is 3. The van der Waals surface area contributed by atoms with Crippen LogP contribution in [-0.2, 0) is 0 Å². The molecule has 1 fully saturated rings. The van der Waals surface area contributed by atoms with Gasteiger partial charge in [-0.25, -0.2) is 8.78 Å². The van der Waals surface area contributed by atoms with E-state index in [9.17, 15) is 13.6 Å². The molecule has 20 heavy (non-hydrogen) atoms. The van der Waals surface area contributed by atoms with E-state index in [1.165, 1.54) is 6.07 Å². The Labute approximate surface area is 122 Å². The van der Waals surface area contributed by atoms with Gasteiger partial charge in [-0.3, -0.25) is 9.69 Å². The summed E-state index contributed by atoms with van der Waals surface area (Å²) in [5, 5.41) is 0. The molecule has 2 nitrogen and oxygen atoms in total. The molecule has 2 rings (SSSR count). The van der Waals surface area contributed by atoms with Gasteiger partial charge in [-0.05, 0) is 32.9 Å². The van der Waals surface area contributed by atoms with Crippen LogP contribution in [0.2, 0.25) is 0 Å². The molecule has 0 aliphatic carbocycles. The average molecular weight is 299 g/mol. The molecule has 0 spiro atoms. The predicted octanol–water partition coefficient (Wildman–Crippen LogP) is 3.36. The molecule has 110 valence electrons. The third-order valence-electron chi connectivity index (χ3n) is 3.58. The summed E-state index contributed by atoms with van der Waals surface area (Å²) in [5.74, 6) is -0.781. The van der Waals surface area contributed by atoms with Gasteiger partial charge in [-0.2, -0.15) is 11.8 Å². The van der Waals surface area contributed by atoms with Crippen LogP contribution in [0.4, 0.5) is 8.78 Å². The first-order valence-corrected chi connectivity index (χ1v) is 7.66. The molecule has 1 saturated heterocycles. The summed E-state index contributed by atoms with van der Waals surface area (Å²) in [6.07, 6.45) is 0. The Morgan fingerprint density at radius 3 is 2.70 bits per heavy atom. The predicted molar refractivity (Wildman–Crippen MR) is 78.3 cm³/mol. The van der Waals surface area contributed by atoms with E-state index < -0.39 is 17.7 Å². The molecule has 0 amide bonds. The summed E-state index contributed by atoms with van der Waals surface area (Å²) >= 11 is 1.88. The number of hydrogen-bond donors (Lipinski definition) is 0. The van der Waals surface area contributed by atoms with E-state index >= 15 is 0 Å². The molecule has 1 aromatic carbocycles. The minimum atomic E-state index is -0.785. The largest absolute Gasteiger partial charge is 0.292 e. The molecule has 5 heteroatoms. The van der Waals surface area contributed by atoms with Crippen molar-refractivity contribution < 1.29 is 13.6 Å². The second-order valence-electron chi connectivity index (χ2n) is 5.74. The van der Waals surface area contributed by atoms with E-state index in [1.807, 2.05) is 11.8 Å². The van der Waals surface area contributed by atoms with Crippen LogP contribution in [-0.4, -0.2) is 40.3 Å². The van der Waals surface area contributed by atoms with Crippen molar-refractivity contribution in [2.24, 2.45) is 0 Å². The number of hydrogen-bond acceptors (Lipinski definition) is 3. The number of carbonyl (C=O) groups excluding carboxylic acids is 1. The highest BCUT2D eigenvalue weighted by molar-refractivity contribution is 8.00. The fourth-order valence-electron chi connectivity index (χ4n) is 2.46. The first-order chi connectivity index (χ1) is 9.30. The molecule has 1 unspecified atom stereocenters. The van der Waals surface area contributed by atoms with Crippen LogP contribution in [0.15, 0.2) is 18.2 Å². The van der Waals surface area contributed by atoms with Gasteiger partial charge >= 0.3 is 0 Å². The van der Waals surface area contributed by atoms with Crippen LogP contribution in [0.25, 0.3) is 0 Å². The lowest BCUT2D eigenvalue weighted by Crippen LogP contribution is -2.50. The molecule has 1 aromatic rings. The highest BCUT2D eigenvalue weighted by atomic mass is 32.2. The van der Waals surface area contributed by atoms with E-state index in [4.69, 9.17) is 0 Å². The second-order valence-corrected chi connectivity index (χ2v) is 7.55. The summed E-state index contributed by atoms with van der Waals surface area (Å²) < 4.78 is 26.7. The van der Waals surface area contributed by atoms with Crippen molar-refractivity contribution >= 4 is 17.5 Å². The smallest absolute Gasteiger partial charge is 0.182 e. The van der Waals surface area contributed by atoms with E-state index in [0.29, 0.717) is 0 Å². The van der Waals surface area contributed by atoms with E-state index in [0.717, 1.165) is 31.0 Å². The Hall–Kier alpha value is -0.940. The quantitative estimate of drug-likeness (QED) is 0.798. The standard InChI is InChI=1S/C15H19F2NOS/c1-10(18-6-7-20-15(2,3)9-18)14(19)12-5-4-11(16)8-13(12)17/h4-5,8,10H,6-7,9H2,1-3H3. The molecule has 0 radical (unpaired) electrons. The van der Waals surface area contributed by atoms with Gasteiger partial charge in [0.15, 0.2) is 5.78 Å². The van der Waals surface area contributed by atoms with Gasteiger partial charge in [0.1, 0.15) is 11.6 Å². The minimum absolute atomic E-state index is 0.0325. The summed E-state index contributed by atoms with van der Waals surface area (Å²) in [7, 11) is 0. The van der Waals surface area contributed by atoms with E-state index in [-0.39, 0.29) is 16.1 Å². The zero-order valence-corrected chi connectivity index (χ0v) is 12.8. The zero-order valence-electron chi connectivity index (χ0n) is 12.0. The maximum atomic E-state index is 13.7. The van der Waals surface area contributed by atoms with Crippen molar-refractivity contribution in [1.29, 1.82) is 0 Å². The number of carbonyl (C=O) groups is 1. The van der Waals surface area contributed by atoms with Crippen LogP contribution >= 0.6 is 11.8 Å². The first-order valence-electron chi connectivity index (χ1n) is 6.67. The fraction of sp³-hybridized carbons (Fsp3) is 0.533. The number of halogens is 2. The molecule has 1 aliphatic heterocycles. The van der Waals surface area contributed by atoms with Crippen LogP contribution in [0, 0.1) is 11.6 Å². The van der Waals surface area contributed by atoms with E-state index in [2.05, 4.69) is 18.7 Å². The third kappa shape index (κ3) is 3.38. The van der Waals surface area contributed by atoms with Crippen molar-refractivity contribution in [2.75, 3.05) is 18.8 Å². The Balaban J connectivity index is 2.16. The van der Waals surface area contributed by atoms with Crippen molar-refractivity contribution in [2.45, 2.75) is 31.6 Å². The molecule has 0 saturated carbocycles. The van der Waals surface area contributed by atoms with Crippen LogP contribution in [0.5, 0.6) is 0 Å². The Morgan fingerprint density at radius 1 is 1.40 bits per heavy atom. The average Bonchev–Trinajstić information content (AvgIpc) is 2.36. The van der Waals surface area contributed by atoms with Gasteiger partial charge in [0.05, 0.1) is 11.6 Å². The molecule has 1 atom stereocenters. The van der Waals surface area contributed by atoms with Gasteiger partial charge in [-0.15, -0.1) is 0 Å². The highest BCUT2D eigenvalue weighted by Gasteiger charge is 2.33. The molecular weight excluding hydrogens is 280 g/mol. The maximum Gasteiger partial charge on any atom is 0.182 e. The lowest BCUT2D eigenvalue weighted by Gasteiger charge is -2.40. The van der Waals surface area contributed by atoms with Crippen molar-refractivity contribution in [3.63, 3.8) is 0 Å². The second kappa shape index (κ2) is 5.82. The molecular formula is C15H19F2NOS. The van der Waals surface area contributed by atoms with Crippen molar-refractivity contribution in [3.05, 3.63) is 35.4 Å². The Bertz CT molecular complexity index is 519. The number of nitrogens with zero attached hydrogens (tertiary/aromatic N) is 1. The third-order valence-corrected chi connectivity index (χ3v) is 4.88. The lowest BCUT2D eigenvalue weighted by atomic mass is 10.0. The Morgan fingerprint density at radius 2 is 2.10 bits per heavy atom. The van der Waals surface area contributed by atoms with Gasteiger partial charge < -0.3 is 0 Å². The summed E-state index contributed by atoms with van der Waals surface area (Å²) in [4.78, 5) is 14.4. The normalized spacial score (nSPS) is 20.6. The number of Topliss-reactive ketones (excluding diaryl/α,β-unsaturated/α-hetero) is 1. The van der Waals surface area contributed by atoms with Gasteiger partial charge in [-0.1, -0.05) is 0 Å². The van der Waals surface area contributed by atoms with E-state index in [1.54, 1.807) is 6.92 Å². The number of benzene rings is 1. The SMILES string of the molecule is CC(C(=O)c1ccc(F)cc1F)N1CCSC(C)(C)C1. The van der Waals surface area contributed by atoms with Gasteiger partial charge in [0.2, 0.25) is 0 Å². The monoisotopic (exact) mass is 299 g/mol. The summed E-state index contributed by atoms with van der Waals surface area (Å²) in [5.41, 5.74) is -0.0325. The van der Waals surface area contributed by atoms with Crippen molar-refractivity contribution in [3.8, 4) is 0 Å². The molecule has 1 heterocycles. The molecule has 0 N–H and O–H groups in total. The van der Waals surface area contributed by atoms with Crippen LogP contribution in [0.1, 0.15) is 31.1 Å². The topological polar surface area (TPSA) is 20.3 Å². The molecule has 0 bridgehead atoms. The summed E-state index contributed by atoms with van der Waals surface area (Å²) in [6.45, 7) is 7.66. The van der Waals surface area contributed by atoms with Crippen LogP contribution in [0.3, 0.4) is 0 Å². The minimum Gasteiger partial charge on any atom is -0.292 e. The fourth-order valence-corrected chi connectivity index (χ4v) is 3.60. The Kier molecular flexibility index (Phi) is 4.49. The van der Waals surface area contributed by atoms with Crippen LogP contribution < -0.4 is 0 Å². The van der Waals surface area contributed by atoms with Gasteiger partial charge in [0, 0.05) is 29.7 Å².